The fourth-order valence-electron chi connectivity index (χ4n) is 5.32. The molecule has 4 heterocycles. The molecule has 1 N–H and O–H groups in total. The van der Waals surface area contributed by atoms with Crippen molar-refractivity contribution in [1.82, 2.24) is 19.5 Å². The number of hydroxylamine groups is 1. The normalized spacial score (nSPS) is 15.8. The topological polar surface area (TPSA) is 125 Å². The van der Waals surface area contributed by atoms with Gasteiger partial charge in [-0.05, 0) is 92.5 Å². The quantitative estimate of drug-likeness (QED) is 0.248. The van der Waals surface area contributed by atoms with E-state index in [4.69, 9.17) is 9.57 Å². The second-order valence-corrected chi connectivity index (χ2v) is 14.3. The highest BCUT2D eigenvalue weighted by atomic mass is 32.1. The van der Waals surface area contributed by atoms with Gasteiger partial charge in [-0.1, -0.05) is 0 Å². The molecule has 0 radical (unpaired) electrons. The Balaban J connectivity index is 1.58. The number of amides is 2. The van der Waals surface area contributed by atoms with Gasteiger partial charge < -0.3 is 15.0 Å². The number of ether oxygens (including phenoxy) is 1. The van der Waals surface area contributed by atoms with Gasteiger partial charge in [0.25, 0.3) is 5.91 Å². The number of benzene rings is 1. The smallest absolute Gasteiger partial charge is 0.410 e. The number of nitriles is 1. The summed E-state index contributed by atoms with van der Waals surface area (Å²) in [4.78, 5) is 39.7. The van der Waals surface area contributed by atoms with E-state index in [2.05, 4.69) is 21.5 Å². The molecule has 1 aliphatic rings. The lowest BCUT2D eigenvalue weighted by Gasteiger charge is -2.36. The average molecular weight is 618 g/mol. The van der Waals surface area contributed by atoms with Crippen molar-refractivity contribution in [3.63, 3.8) is 0 Å². The second kappa shape index (κ2) is 11.7. The van der Waals surface area contributed by atoms with Gasteiger partial charge in [-0.15, -0.1) is 11.3 Å². The van der Waals surface area contributed by atoms with Gasteiger partial charge in [0, 0.05) is 30.3 Å². The molecule has 1 aromatic carbocycles. The highest BCUT2D eigenvalue weighted by molar-refractivity contribution is 7.18. The third kappa shape index (κ3) is 6.49. The standard InChI is InChI=1S/C32H39N7O4S/c1-19-27(36-22-10-9-15-37(18-22)30(41)42-31(3,4)5)23(17-33)25-13-14-34-38(25)28(19)39(43-32(6,7)8)29(40)21-11-12-24-26(16-21)44-20(2)35-24/h11-14,16,22,36H,9-10,15,18H2,1-8H3/t22-/m0/s1. The lowest BCUT2D eigenvalue weighted by atomic mass is 10.0. The zero-order valence-electron chi connectivity index (χ0n) is 26.5. The van der Waals surface area contributed by atoms with Gasteiger partial charge in [0.15, 0.2) is 5.82 Å². The summed E-state index contributed by atoms with van der Waals surface area (Å²) in [5.41, 5.74) is 2.01. The molecule has 44 heavy (non-hydrogen) atoms. The number of piperidine rings is 1. The molecule has 3 aromatic heterocycles. The summed E-state index contributed by atoms with van der Waals surface area (Å²) < 4.78 is 8.09. The Hall–Kier alpha value is -4.21. The van der Waals surface area contributed by atoms with Gasteiger partial charge in [0.05, 0.1) is 38.2 Å². The minimum Gasteiger partial charge on any atom is -0.444 e. The van der Waals surface area contributed by atoms with Crippen LogP contribution in [0, 0.1) is 25.2 Å². The molecule has 232 valence electrons. The first-order chi connectivity index (χ1) is 20.6. The Bertz CT molecular complexity index is 1770. The van der Waals surface area contributed by atoms with Gasteiger partial charge in [-0.25, -0.2) is 14.3 Å². The van der Waals surface area contributed by atoms with Crippen molar-refractivity contribution in [3.8, 4) is 6.07 Å². The van der Waals surface area contributed by atoms with Crippen LogP contribution in [-0.4, -0.2) is 61.8 Å². The monoisotopic (exact) mass is 617 g/mol. The lowest BCUT2D eigenvalue weighted by Crippen LogP contribution is -2.47. The summed E-state index contributed by atoms with van der Waals surface area (Å²) >= 11 is 1.52. The van der Waals surface area contributed by atoms with Crippen LogP contribution in [0.4, 0.5) is 16.3 Å². The first kappa shape index (κ1) is 31.2. The minimum absolute atomic E-state index is 0.148. The van der Waals surface area contributed by atoms with E-state index in [0.29, 0.717) is 46.8 Å². The van der Waals surface area contributed by atoms with Crippen LogP contribution in [0.25, 0.3) is 15.7 Å². The van der Waals surface area contributed by atoms with Crippen LogP contribution in [0.5, 0.6) is 0 Å². The number of anilines is 2. The van der Waals surface area contributed by atoms with Crippen molar-refractivity contribution >= 4 is 50.6 Å². The van der Waals surface area contributed by atoms with E-state index in [1.165, 1.54) is 16.4 Å². The summed E-state index contributed by atoms with van der Waals surface area (Å²) in [6.07, 6.45) is 2.80. The largest absolute Gasteiger partial charge is 0.444 e. The first-order valence-electron chi connectivity index (χ1n) is 14.7. The Morgan fingerprint density at radius 2 is 1.89 bits per heavy atom. The maximum absolute atomic E-state index is 14.3. The van der Waals surface area contributed by atoms with Gasteiger partial charge in [0.2, 0.25) is 0 Å². The molecule has 1 fully saturated rings. The molecule has 0 aliphatic carbocycles. The fraction of sp³-hybridized carbons (Fsp3) is 0.469. The number of thiazole rings is 1. The van der Waals surface area contributed by atoms with E-state index in [9.17, 15) is 14.9 Å². The SMILES string of the molecule is Cc1nc2ccc(C(=O)N(OC(C)(C)C)c3c(C)c(N[C@H]4CCCN(C(=O)OC(C)(C)C)C4)c(C#N)c4ccnn34)cc2s1. The molecule has 0 unspecified atom stereocenters. The van der Waals surface area contributed by atoms with Crippen LogP contribution < -0.4 is 10.4 Å². The minimum atomic E-state index is -0.745. The van der Waals surface area contributed by atoms with Gasteiger partial charge >= 0.3 is 6.09 Å². The number of hydrogen-bond donors (Lipinski definition) is 1. The number of carbonyl (C=O) groups is 2. The second-order valence-electron chi connectivity index (χ2n) is 13.1. The molecule has 1 atom stereocenters. The van der Waals surface area contributed by atoms with Crippen LogP contribution in [0.3, 0.4) is 0 Å². The first-order valence-corrected chi connectivity index (χ1v) is 15.5. The number of aryl methyl sites for hydroxylation is 1. The highest BCUT2D eigenvalue weighted by Gasteiger charge is 2.33. The molecule has 12 heteroatoms. The summed E-state index contributed by atoms with van der Waals surface area (Å²) in [5.74, 6) is 0.00372. The number of carbonyl (C=O) groups excluding carboxylic acids is 2. The fourth-order valence-corrected chi connectivity index (χ4v) is 6.18. The van der Waals surface area contributed by atoms with Crippen molar-refractivity contribution in [2.24, 2.45) is 0 Å². The molecule has 1 saturated heterocycles. The van der Waals surface area contributed by atoms with E-state index >= 15 is 0 Å². The number of likely N-dealkylation sites (tertiary alicyclic amines) is 1. The van der Waals surface area contributed by atoms with Crippen LogP contribution in [-0.2, 0) is 9.57 Å². The zero-order chi connectivity index (χ0) is 32.0. The van der Waals surface area contributed by atoms with E-state index in [0.717, 1.165) is 28.1 Å². The number of hydrogen-bond acceptors (Lipinski definition) is 9. The van der Waals surface area contributed by atoms with Gasteiger partial charge in [-0.2, -0.15) is 15.4 Å². The third-order valence-electron chi connectivity index (χ3n) is 7.08. The predicted octanol–water partition coefficient (Wildman–Crippen LogP) is 6.62. The Morgan fingerprint density at radius 1 is 1.14 bits per heavy atom. The van der Waals surface area contributed by atoms with Crippen molar-refractivity contribution in [3.05, 3.63) is 52.2 Å². The summed E-state index contributed by atoms with van der Waals surface area (Å²) in [7, 11) is 0. The Kier molecular flexibility index (Phi) is 8.31. The van der Waals surface area contributed by atoms with Crippen LogP contribution in [0.1, 0.15) is 80.9 Å². The Labute approximate surface area is 261 Å². The van der Waals surface area contributed by atoms with E-state index in [-0.39, 0.29) is 18.0 Å². The molecule has 0 spiro atoms. The molecule has 1 aliphatic heterocycles. The molecule has 5 rings (SSSR count). The van der Waals surface area contributed by atoms with Crippen molar-refractivity contribution in [2.45, 2.75) is 85.5 Å². The summed E-state index contributed by atoms with van der Waals surface area (Å²) in [5, 5.41) is 20.6. The van der Waals surface area contributed by atoms with E-state index in [1.807, 2.05) is 67.5 Å². The molecule has 2 amide bonds. The lowest BCUT2D eigenvalue weighted by molar-refractivity contribution is -0.0172. The molecular weight excluding hydrogens is 578 g/mol. The molecule has 0 bridgehead atoms. The van der Waals surface area contributed by atoms with Crippen LogP contribution in [0.2, 0.25) is 0 Å². The summed E-state index contributed by atoms with van der Waals surface area (Å²) in [6.45, 7) is 15.9. The van der Waals surface area contributed by atoms with Crippen molar-refractivity contribution in [1.29, 1.82) is 5.26 Å². The number of aromatic nitrogens is 3. The molecule has 0 saturated carbocycles. The third-order valence-corrected chi connectivity index (χ3v) is 8.01. The van der Waals surface area contributed by atoms with Crippen molar-refractivity contribution < 1.29 is 19.2 Å². The highest BCUT2D eigenvalue weighted by Crippen LogP contribution is 2.37. The number of nitrogens with zero attached hydrogens (tertiary/aromatic N) is 6. The van der Waals surface area contributed by atoms with E-state index < -0.39 is 11.2 Å². The van der Waals surface area contributed by atoms with Gasteiger partial charge in [0.1, 0.15) is 17.2 Å². The molecular formula is C32H39N7O4S. The number of nitrogens with one attached hydrogen (secondary N) is 1. The van der Waals surface area contributed by atoms with E-state index in [1.54, 1.807) is 27.7 Å². The maximum Gasteiger partial charge on any atom is 0.410 e. The summed E-state index contributed by atoms with van der Waals surface area (Å²) in [6, 6.07) is 9.34. The maximum atomic E-state index is 14.3. The van der Waals surface area contributed by atoms with Crippen molar-refractivity contribution in [2.75, 3.05) is 23.5 Å². The number of rotatable bonds is 5. The van der Waals surface area contributed by atoms with Crippen LogP contribution in [0.15, 0.2) is 30.5 Å². The van der Waals surface area contributed by atoms with Gasteiger partial charge in [-0.3, -0.25) is 9.63 Å². The average Bonchev–Trinajstić information content (AvgIpc) is 3.56. The number of pyridine rings is 1. The molecule has 11 nitrogen and oxygen atoms in total. The number of fused-ring (bicyclic) bond motifs is 2. The predicted molar refractivity (Wildman–Crippen MR) is 171 cm³/mol. The zero-order valence-corrected chi connectivity index (χ0v) is 27.3. The van der Waals surface area contributed by atoms with Crippen LogP contribution >= 0.6 is 11.3 Å². The Morgan fingerprint density at radius 3 is 2.57 bits per heavy atom. The molecule has 4 aromatic rings.